The summed E-state index contributed by atoms with van der Waals surface area (Å²) < 4.78 is 4.99. The Morgan fingerprint density at radius 2 is 2.25 bits per heavy atom. The molecule has 0 aliphatic heterocycles. The second-order valence-electron chi connectivity index (χ2n) is 3.18. The van der Waals surface area contributed by atoms with Gasteiger partial charge in [-0.05, 0) is 17.7 Å². The van der Waals surface area contributed by atoms with E-state index in [1.54, 1.807) is 0 Å². The number of benzene rings is 1. The second kappa shape index (κ2) is 5.14. The molecule has 0 heterocycles. The van der Waals surface area contributed by atoms with Crippen LogP contribution in [0.4, 0.5) is 0 Å². The first-order valence-corrected chi connectivity index (χ1v) is 4.55. The first-order valence-electron chi connectivity index (χ1n) is 4.55. The number of hydrogen-bond donors (Lipinski definition) is 2. The molecule has 1 aromatic carbocycles. The van der Waals surface area contributed by atoms with Crippen LogP contribution in [0.15, 0.2) is 12.1 Å². The minimum atomic E-state index is -0.988. The number of methoxy groups -OCH3 is 1. The maximum absolute atomic E-state index is 10.5. The summed E-state index contributed by atoms with van der Waals surface area (Å²) in [5, 5.41) is 26.6. The number of nitriles is 1. The van der Waals surface area contributed by atoms with Crippen molar-refractivity contribution in [3.63, 3.8) is 0 Å². The van der Waals surface area contributed by atoms with Gasteiger partial charge >= 0.3 is 5.97 Å². The Kier molecular flexibility index (Phi) is 3.86. The second-order valence-corrected chi connectivity index (χ2v) is 3.18. The smallest absolute Gasteiger partial charge is 0.307 e. The number of ether oxygens (including phenoxy) is 1. The van der Waals surface area contributed by atoms with Crippen LogP contribution in [-0.4, -0.2) is 23.3 Å². The van der Waals surface area contributed by atoms with Crippen molar-refractivity contribution in [1.29, 1.82) is 5.26 Å². The molecule has 0 aliphatic carbocycles. The lowest BCUT2D eigenvalue weighted by Gasteiger charge is -2.10. The monoisotopic (exact) mass is 221 g/mol. The predicted octanol–water partition coefficient (Wildman–Crippen LogP) is 0.686. The highest BCUT2D eigenvalue weighted by atomic mass is 16.5. The van der Waals surface area contributed by atoms with Crippen LogP contribution in [0.5, 0.6) is 5.75 Å². The summed E-state index contributed by atoms with van der Waals surface area (Å²) in [7, 11) is 1.40. The van der Waals surface area contributed by atoms with Gasteiger partial charge in [0.25, 0.3) is 0 Å². The van der Waals surface area contributed by atoms with E-state index in [4.69, 9.17) is 20.2 Å². The molecule has 84 valence electrons. The third-order valence-electron chi connectivity index (χ3n) is 2.08. The number of carboxylic acid groups (broad SMARTS) is 1. The molecule has 1 aromatic rings. The summed E-state index contributed by atoms with van der Waals surface area (Å²) in [5.74, 6) is -0.697. The number of aliphatic hydroxyl groups excluding tert-OH is 1. The predicted molar refractivity (Wildman–Crippen MR) is 55.0 cm³/mol. The van der Waals surface area contributed by atoms with Gasteiger partial charge in [0.2, 0.25) is 0 Å². The Morgan fingerprint density at radius 3 is 2.69 bits per heavy atom. The van der Waals surface area contributed by atoms with E-state index in [2.05, 4.69) is 0 Å². The van der Waals surface area contributed by atoms with Gasteiger partial charge < -0.3 is 14.9 Å². The minimum Gasteiger partial charge on any atom is -0.495 e. The van der Waals surface area contributed by atoms with Crippen LogP contribution >= 0.6 is 0 Å². The molecule has 0 aliphatic rings. The fourth-order valence-corrected chi connectivity index (χ4v) is 1.47. The zero-order valence-corrected chi connectivity index (χ0v) is 8.73. The van der Waals surface area contributed by atoms with E-state index in [-0.39, 0.29) is 18.6 Å². The first-order chi connectivity index (χ1) is 7.62. The number of aliphatic hydroxyl groups is 1. The van der Waals surface area contributed by atoms with Crippen molar-refractivity contribution in [3.8, 4) is 11.8 Å². The molecule has 0 radical (unpaired) electrons. The van der Waals surface area contributed by atoms with Crippen LogP contribution in [0.25, 0.3) is 0 Å². The van der Waals surface area contributed by atoms with Crippen molar-refractivity contribution in [1.82, 2.24) is 0 Å². The summed E-state index contributed by atoms with van der Waals surface area (Å²) in [6.45, 7) is -0.300. The van der Waals surface area contributed by atoms with E-state index >= 15 is 0 Å². The quantitative estimate of drug-likeness (QED) is 0.780. The maximum atomic E-state index is 10.5. The Morgan fingerprint density at radius 1 is 1.56 bits per heavy atom. The molecule has 0 amide bonds. The average Bonchev–Trinajstić information content (AvgIpc) is 2.26. The van der Waals surface area contributed by atoms with Crippen molar-refractivity contribution in [2.24, 2.45) is 0 Å². The topological polar surface area (TPSA) is 90.5 Å². The van der Waals surface area contributed by atoms with Crippen molar-refractivity contribution >= 4 is 5.97 Å². The van der Waals surface area contributed by atoms with Crippen molar-refractivity contribution in [2.45, 2.75) is 13.0 Å². The van der Waals surface area contributed by atoms with Crippen LogP contribution in [0.1, 0.15) is 16.7 Å². The van der Waals surface area contributed by atoms with Crippen LogP contribution in [-0.2, 0) is 17.8 Å². The van der Waals surface area contributed by atoms with Crippen molar-refractivity contribution in [2.75, 3.05) is 7.11 Å². The van der Waals surface area contributed by atoms with Crippen LogP contribution in [0.2, 0.25) is 0 Å². The summed E-state index contributed by atoms with van der Waals surface area (Å²) in [5.41, 5.74) is 1.11. The molecule has 1 rings (SSSR count). The van der Waals surface area contributed by atoms with E-state index in [0.717, 1.165) is 0 Å². The summed E-state index contributed by atoms with van der Waals surface area (Å²) in [6.07, 6.45) is -0.189. The van der Waals surface area contributed by atoms with E-state index < -0.39 is 5.97 Å². The van der Waals surface area contributed by atoms with E-state index in [1.165, 1.54) is 19.2 Å². The van der Waals surface area contributed by atoms with Crippen LogP contribution < -0.4 is 4.74 Å². The third kappa shape index (κ3) is 2.49. The third-order valence-corrected chi connectivity index (χ3v) is 2.08. The lowest BCUT2D eigenvalue weighted by atomic mass is 10.0. The molecule has 0 atom stereocenters. The van der Waals surface area contributed by atoms with Crippen molar-refractivity contribution < 1.29 is 19.7 Å². The number of nitrogens with zero attached hydrogens (tertiary/aromatic N) is 1. The molecule has 0 spiro atoms. The number of carbonyl (C=O) groups is 1. The molecule has 0 saturated heterocycles. The van der Waals surface area contributed by atoms with Gasteiger partial charge in [0.15, 0.2) is 0 Å². The highest BCUT2D eigenvalue weighted by Gasteiger charge is 2.12. The van der Waals surface area contributed by atoms with Gasteiger partial charge in [0.1, 0.15) is 11.8 Å². The first kappa shape index (κ1) is 12.0. The molecule has 16 heavy (non-hydrogen) atoms. The normalized spacial score (nSPS) is 9.56. The molecule has 0 saturated carbocycles. The van der Waals surface area contributed by atoms with Gasteiger partial charge in [-0.25, -0.2) is 0 Å². The molecular weight excluding hydrogens is 210 g/mol. The largest absolute Gasteiger partial charge is 0.495 e. The number of aliphatic carboxylic acids is 1. The fraction of sp³-hybridized carbons (Fsp3) is 0.273. The highest BCUT2D eigenvalue weighted by molar-refractivity contribution is 5.71. The zero-order chi connectivity index (χ0) is 12.1. The van der Waals surface area contributed by atoms with E-state index in [1.807, 2.05) is 6.07 Å². The molecular formula is C11H11NO4. The molecule has 5 nitrogen and oxygen atoms in total. The average molecular weight is 221 g/mol. The molecule has 2 N–H and O–H groups in total. The molecule has 5 heteroatoms. The molecule has 0 unspecified atom stereocenters. The minimum absolute atomic E-state index is 0.189. The fourth-order valence-electron chi connectivity index (χ4n) is 1.47. The highest BCUT2D eigenvalue weighted by Crippen LogP contribution is 2.25. The van der Waals surface area contributed by atoms with E-state index in [9.17, 15) is 4.79 Å². The van der Waals surface area contributed by atoms with Gasteiger partial charge in [0, 0.05) is 5.56 Å². The number of rotatable bonds is 4. The zero-order valence-electron chi connectivity index (χ0n) is 8.73. The Hall–Kier alpha value is -2.06. The van der Waals surface area contributed by atoms with Crippen molar-refractivity contribution in [3.05, 3.63) is 28.8 Å². The molecule has 0 aromatic heterocycles. The Balaban J connectivity index is 3.27. The summed E-state index contributed by atoms with van der Waals surface area (Å²) >= 11 is 0. The molecule has 0 bridgehead atoms. The lowest BCUT2D eigenvalue weighted by molar-refractivity contribution is -0.136. The Labute approximate surface area is 92.5 Å². The molecule has 0 fully saturated rings. The standard InChI is InChI=1S/C11H11NO4/c1-16-11-8(5-12)2-7(4-10(14)15)3-9(11)6-13/h2-3,13H,4,6H2,1H3,(H,14,15). The van der Waals surface area contributed by atoms with Crippen LogP contribution in [0, 0.1) is 11.3 Å². The van der Waals surface area contributed by atoms with Gasteiger partial charge in [-0.15, -0.1) is 0 Å². The SMILES string of the molecule is COc1c(C#N)cc(CC(=O)O)cc1CO. The van der Waals surface area contributed by atoms with Gasteiger partial charge in [-0.3, -0.25) is 4.79 Å². The van der Waals surface area contributed by atoms with Gasteiger partial charge in [-0.1, -0.05) is 0 Å². The number of hydrogen-bond acceptors (Lipinski definition) is 4. The number of carboxylic acids is 1. The van der Waals surface area contributed by atoms with Crippen LogP contribution in [0.3, 0.4) is 0 Å². The van der Waals surface area contributed by atoms with E-state index in [0.29, 0.717) is 16.9 Å². The Bertz CT molecular complexity index is 448. The summed E-state index contributed by atoms with van der Waals surface area (Å²) in [6, 6.07) is 4.88. The van der Waals surface area contributed by atoms with Gasteiger partial charge in [0.05, 0.1) is 25.7 Å². The summed E-state index contributed by atoms with van der Waals surface area (Å²) in [4.78, 5) is 10.5. The maximum Gasteiger partial charge on any atom is 0.307 e. The van der Waals surface area contributed by atoms with Gasteiger partial charge in [-0.2, -0.15) is 5.26 Å². The lowest BCUT2D eigenvalue weighted by Crippen LogP contribution is -2.03.